The third kappa shape index (κ3) is 4.94. The first-order valence-electron chi connectivity index (χ1n) is 7.29. The Kier molecular flexibility index (Phi) is 7.09. The average molecular weight is 241 g/mol. The summed E-state index contributed by atoms with van der Waals surface area (Å²) in [6, 6.07) is 1.34. The molecular formula is C14H31N3. The number of rotatable bonds is 7. The molecule has 3 nitrogen and oxygen atoms in total. The Labute approximate surface area is 107 Å². The van der Waals surface area contributed by atoms with Gasteiger partial charge in [-0.2, -0.15) is 0 Å². The molecule has 1 fully saturated rings. The molecule has 1 aliphatic rings. The highest BCUT2D eigenvalue weighted by atomic mass is 15.2. The zero-order valence-electron chi connectivity index (χ0n) is 12.0. The number of nitrogens with two attached hydrogens (primary N) is 1. The van der Waals surface area contributed by atoms with Crippen LogP contribution in [0.2, 0.25) is 0 Å². The van der Waals surface area contributed by atoms with Gasteiger partial charge in [-0.1, -0.05) is 26.2 Å². The van der Waals surface area contributed by atoms with Crippen LogP contribution in [0.3, 0.4) is 0 Å². The molecule has 0 saturated carbocycles. The molecule has 0 bridgehead atoms. The number of hydrogen-bond acceptors (Lipinski definition) is 3. The smallest absolute Gasteiger partial charge is 0.0219 e. The van der Waals surface area contributed by atoms with Crippen molar-refractivity contribution in [3.8, 4) is 0 Å². The molecule has 1 saturated heterocycles. The maximum absolute atomic E-state index is 5.95. The second-order valence-corrected chi connectivity index (χ2v) is 5.64. The summed E-state index contributed by atoms with van der Waals surface area (Å²) in [7, 11) is 4.39. The third-order valence-electron chi connectivity index (χ3n) is 4.09. The summed E-state index contributed by atoms with van der Waals surface area (Å²) in [6.45, 7) is 5.55. The number of nitrogens with zero attached hydrogens (tertiary/aromatic N) is 2. The van der Waals surface area contributed by atoms with Crippen molar-refractivity contribution in [2.45, 2.75) is 57.5 Å². The number of hydrogen-bond donors (Lipinski definition) is 1. The monoisotopic (exact) mass is 241 g/mol. The number of likely N-dealkylation sites (tertiary alicyclic amines) is 1. The lowest BCUT2D eigenvalue weighted by Gasteiger charge is -2.40. The summed E-state index contributed by atoms with van der Waals surface area (Å²) in [5.41, 5.74) is 5.95. The second-order valence-electron chi connectivity index (χ2n) is 5.64. The molecule has 2 N–H and O–H groups in total. The SMILES string of the molecule is CCCCCC(CN)N1CCCC(N(C)C)C1. The Morgan fingerprint density at radius 2 is 2.12 bits per heavy atom. The Hall–Kier alpha value is -0.120. The summed E-state index contributed by atoms with van der Waals surface area (Å²) < 4.78 is 0. The van der Waals surface area contributed by atoms with Crippen molar-refractivity contribution in [3.05, 3.63) is 0 Å². The van der Waals surface area contributed by atoms with Gasteiger partial charge in [0.2, 0.25) is 0 Å². The summed E-state index contributed by atoms with van der Waals surface area (Å²) >= 11 is 0. The van der Waals surface area contributed by atoms with Gasteiger partial charge in [0, 0.05) is 25.2 Å². The molecule has 17 heavy (non-hydrogen) atoms. The van der Waals surface area contributed by atoms with Crippen LogP contribution in [-0.2, 0) is 0 Å². The van der Waals surface area contributed by atoms with Crippen molar-refractivity contribution < 1.29 is 0 Å². The van der Waals surface area contributed by atoms with Gasteiger partial charge in [-0.15, -0.1) is 0 Å². The van der Waals surface area contributed by atoms with E-state index < -0.39 is 0 Å². The molecule has 3 heteroatoms. The molecule has 0 aromatic heterocycles. The fourth-order valence-electron chi connectivity index (χ4n) is 2.82. The van der Waals surface area contributed by atoms with Crippen molar-refractivity contribution in [2.75, 3.05) is 33.7 Å². The quantitative estimate of drug-likeness (QED) is 0.691. The van der Waals surface area contributed by atoms with E-state index in [4.69, 9.17) is 5.73 Å². The highest BCUT2D eigenvalue weighted by Crippen LogP contribution is 2.18. The van der Waals surface area contributed by atoms with E-state index >= 15 is 0 Å². The van der Waals surface area contributed by atoms with E-state index in [1.54, 1.807) is 0 Å². The molecule has 1 rings (SSSR count). The van der Waals surface area contributed by atoms with Gasteiger partial charge in [-0.05, 0) is 39.9 Å². The van der Waals surface area contributed by atoms with Crippen LogP contribution in [-0.4, -0.2) is 55.6 Å². The lowest BCUT2D eigenvalue weighted by molar-refractivity contribution is 0.0936. The molecule has 2 atom stereocenters. The molecular weight excluding hydrogens is 210 g/mol. The molecule has 0 aromatic carbocycles. The fourth-order valence-corrected chi connectivity index (χ4v) is 2.82. The normalized spacial score (nSPS) is 24.2. The largest absolute Gasteiger partial charge is 0.329 e. The van der Waals surface area contributed by atoms with Gasteiger partial charge >= 0.3 is 0 Å². The molecule has 0 radical (unpaired) electrons. The predicted octanol–water partition coefficient (Wildman–Crippen LogP) is 1.92. The van der Waals surface area contributed by atoms with E-state index in [0.717, 1.165) is 12.6 Å². The first-order chi connectivity index (χ1) is 8.19. The topological polar surface area (TPSA) is 32.5 Å². The van der Waals surface area contributed by atoms with Gasteiger partial charge < -0.3 is 10.6 Å². The molecule has 0 amide bonds. The lowest BCUT2D eigenvalue weighted by atomic mass is 10.00. The lowest BCUT2D eigenvalue weighted by Crippen LogP contribution is -2.51. The van der Waals surface area contributed by atoms with Crippen molar-refractivity contribution in [1.82, 2.24) is 9.80 Å². The van der Waals surface area contributed by atoms with Crippen LogP contribution in [0.5, 0.6) is 0 Å². The van der Waals surface area contributed by atoms with Gasteiger partial charge in [-0.25, -0.2) is 0 Å². The van der Waals surface area contributed by atoms with Gasteiger partial charge in [0.05, 0.1) is 0 Å². The fraction of sp³-hybridized carbons (Fsp3) is 1.00. The zero-order chi connectivity index (χ0) is 12.7. The number of unbranched alkanes of at least 4 members (excludes halogenated alkanes) is 2. The van der Waals surface area contributed by atoms with Crippen LogP contribution in [0.4, 0.5) is 0 Å². The Bertz CT molecular complexity index is 194. The molecule has 0 aliphatic carbocycles. The highest BCUT2D eigenvalue weighted by molar-refractivity contribution is 4.83. The summed E-state index contributed by atoms with van der Waals surface area (Å²) in [5, 5.41) is 0. The zero-order valence-corrected chi connectivity index (χ0v) is 12.0. The van der Waals surface area contributed by atoms with E-state index in [-0.39, 0.29) is 0 Å². The Morgan fingerprint density at radius 3 is 2.71 bits per heavy atom. The van der Waals surface area contributed by atoms with Crippen LogP contribution in [0.1, 0.15) is 45.4 Å². The standard InChI is InChI=1S/C14H31N3/c1-4-5-6-8-13(11-15)17-10-7-9-14(12-17)16(2)3/h13-14H,4-12,15H2,1-3H3. The van der Waals surface area contributed by atoms with E-state index in [0.29, 0.717) is 6.04 Å². The average Bonchev–Trinajstić information content (AvgIpc) is 2.35. The summed E-state index contributed by atoms with van der Waals surface area (Å²) in [4.78, 5) is 5.00. The Morgan fingerprint density at radius 1 is 1.35 bits per heavy atom. The number of likely N-dealkylation sites (N-methyl/N-ethyl adjacent to an activating group) is 1. The summed E-state index contributed by atoms with van der Waals surface area (Å²) in [6.07, 6.45) is 7.94. The predicted molar refractivity (Wildman–Crippen MR) is 75.3 cm³/mol. The van der Waals surface area contributed by atoms with E-state index in [1.165, 1.54) is 51.6 Å². The van der Waals surface area contributed by atoms with Crippen LogP contribution in [0.15, 0.2) is 0 Å². The van der Waals surface area contributed by atoms with Crippen LogP contribution in [0, 0.1) is 0 Å². The molecule has 1 aliphatic heterocycles. The van der Waals surface area contributed by atoms with Crippen molar-refractivity contribution in [3.63, 3.8) is 0 Å². The van der Waals surface area contributed by atoms with Gasteiger partial charge in [-0.3, -0.25) is 4.90 Å². The first kappa shape index (κ1) is 14.9. The maximum atomic E-state index is 5.95. The minimum atomic E-state index is 0.615. The molecule has 102 valence electrons. The van der Waals surface area contributed by atoms with Crippen molar-refractivity contribution >= 4 is 0 Å². The highest BCUT2D eigenvalue weighted by Gasteiger charge is 2.25. The van der Waals surface area contributed by atoms with E-state index in [9.17, 15) is 0 Å². The van der Waals surface area contributed by atoms with Crippen LogP contribution < -0.4 is 5.73 Å². The molecule has 0 spiro atoms. The van der Waals surface area contributed by atoms with Crippen LogP contribution >= 0.6 is 0 Å². The maximum Gasteiger partial charge on any atom is 0.0219 e. The van der Waals surface area contributed by atoms with Crippen LogP contribution in [0.25, 0.3) is 0 Å². The minimum Gasteiger partial charge on any atom is -0.329 e. The molecule has 1 heterocycles. The Balaban J connectivity index is 2.39. The molecule has 0 aromatic rings. The van der Waals surface area contributed by atoms with E-state index in [1.807, 2.05) is 0 Å². The van der Waals surface area contributed by atoms with E-state index in [2.05, 4.69) is 30.8 Å². The van der Waals surface area contributed by atoms with Gasteiger partial charge in [0.25, 0.3) is 0 Å². The third-order valence-corrected chi connectivity index (χ3v) is 4.09. The van der Waals surface area contributed by atoms with Crippen molar-refractivity contribution in [1.29, 1.82) is 0 Å². The second kappa shape index (κ2) is 8.06. The number of piperidine rings is 1. The summed E-state index contributed by atoms with van der Waals surface area (Å²) in [5.74, 6) is 0. The van der Waals surface area contributed by atoms with Crippen molar-refractivity contribution in [2.24, 2.45) is 5.73 Å². The first-order valence-corrected chi connectivity index (χ1v) is 7.29. The van der Waals surface area contributed by atoms with Gasteiger partial charge in [0.15, 0.2) is 0 Å². The minimum absolute atomic E-state index is 0.615. The molecule has 2 unspecified atom stereocenters. The van der Waals surface area contributed by atoms with Gasteiger partial charge in [0.1, 0.15) is 0 Å².